The SMILES string of the molecule is Cc1cccc(C)c1COc1cc(OCc2cccc(-c3cccc(OCCCN4CCC(O)C4)c3C)c2C)c(Cl)cc1CNC(C)(CO)CO. The zero-order chi connectivity index (χ0) is 36.5. The third-order valence-electron chi connectivity index (χ3n) is 10.1. The highest BCUT2D eigenvalue weighted by molar-refractivity contribution is 6.32. The predicted molar refractivity (Wildman–Crippen MR) is 204 cm³/mol. The molecule has 4 N–H and O–H groups in total. The van der Waals surface area contributed by atoms with Crippen LogP contribution in [0.15, 0.2) is 66.7 Å². The number of β-amino-alcohol motifs (C(OH)–C–C–N with tert-alkyl or cyclic N) is 1. The molecule has 1 fully saturated rings. The third-order valence-corrected chi connectivity index (χ3v) is 10.4. The van der Waals surface area contributed by atoms with Crippen molar-refractivity contribution in [2.75, 3.05) is 39.5 Å². The van der Waals surface area contributed by atoms with Gasteiger partial charge >= 0.3 is 0 Å². The quantitative estimate of drug-likeness (QED) is 0.0862. The van der Waals surface area contributed by atoms with Crippen LogP contribution in [0, 0.1) is 27.7 Å². The van der Waals surface area contributed by atoms with Crippen molar-refractivity contribution in [2.45, 2.75) is 78.9 Å². The Balaban J connectivity index is 1.32. The van der Waals surface area contributed by atoms with Crippen molar-refractivity contribution in [3.05, 3.63) is 111 Å². The molecule has 0 aliphatic carbocycles. The molecule has 8 nitrogen and oxygen atoms in total. The average molecular weight is 717 g/mol. The maximum atomic E-state index is 9.84. The summed E-state index contributed by atoms with van der Waals surface area (Å²) in [5.41, 5.74) is 8.80. The largest absolute Gasteiger partial charge is 0.493 e. The molecule has 4 aromatic carbocycles. The van der Waals surface area contributed by atoms with Gasteiger partial charge in [-0.05, 0) is 104 Å². The second-order valence-corrected chi connectivity index (χ2v) is 14.4. The van der Waals surface area contributed by atoms with Crippen LogP contribution >= 0.6 is 11.6 Å². The second kappa shape index (κ2) is 17.7. The number of halogens is 1. The van der Waals surface area contributed by atoms with E-state index in [-0.39, 0.29) is 19.3 Å². The minimum absolute atomic E-state index is 0.201. The van der Waals surface area contributed by atoms with E-state index in [0.29, 0.717) is 42.9 Å². The van der Waals surface area contributed by atoms with Crippen molar-refractivity contribution in [1.82, 2.24) is 10.2 Å². The molecule has 1 atom stereocenters. The average Bonchev–Trinajstić information content (AvgIpc) is 3.54. The highest BCUT2D eigenvalue weighted by Crippen LogP contribution is 2.37. The van der Waals surface area contributed by atoms with Crippen molar-refractivity contribution < 1.29 is 29.5 Å². The van der Waals surface area contributed by atoms with Gasteiger partial charge in [-0.15, -0.1) is 0 Å². The van der Waals surface area contributed by atoms with E-state index in [1.807, 2.05) is 36.4 Å². The lowest BCUT2D eigenvalue weighted by Crippen LogP contribution is -2.48. The Bertz CT molecular complexity index is 1750. The van der Waals surface area contributed by atoms with E-state index in [1.165, 1.54) is 0 Å². The van der Waals surface area contributed by atoms with Gasteiger partial charge in [-0.1, -0.05) is 60.1 Å². The van der Waals surface area contributed by atoms with E-state index in [0.717, 1.165) is 88.3 Å². The summed E-state index contributed by atoms with van der Waals surface area (Å²) in [6.07, 6.45) is 1.56. The topological polar surface area (TPSA) is 104 Å². The maximum Gasteiger partial charge on any atom is 0.142 e. The fourth-order valence-corrected chi connectivity index (χ4v) is 6.73. The number of aliphatic hydroxyl groups excluding tert-OH is 3. The predicted octanol–water partition coefficient (Wildman–Crippen LogP) is 7.07. The monoisotopic (exact) mass is 716 g/mol. The molecular weight excluding hydrogens is 664 g/mol. The highest BCUT2D eigenvalue weighted by atomic mass is 35.5. The maximum absolute atomic E-state index is 9.84. The van der Waals surface area contributed by atoms with E-state index in [4.69, 9.17) is 25.8 Å². The van der Waals surface area contributed by atoms with Gasteiger partial charge in [-0.3, -0.25) is 0 Å². The van der Waals surface area contributed by atoms with Crippen LogP contribution in [0.2, 0.25) is 5.02 Å². The zero-order valence-corrected chi connectivity index (χ0v) is 31.4. The van der Waals surface area contributed by atoms with Crippen LogP contribution in [0.5, 0.6) is 17.2 Å². The van der Waals surface area contributed by atoms with Gasteiger partial charge in [-0.25, -0.2) is 0 Å². The van der Waals surface area contributed by atoms with E-state index in [1.54, 1.807) is 6.92 Å². The molecule has 0 aromatic heterocycles. The summed E-state index contributed by atoms with van der Waals surface area (Å²) in [5, 5.41) is 33.2. The van der Waals surface area contributed by atoms with E-state index in [2.05, 4.69) is 68.2 Å². The standard InChI is InChI=1S/C42H53ClN2O6/c1-28-10-6-11-29(2)37(28)25-51-40-21-41(38(43)20-33(40)22-44-42(5,26-46)27-47)50-24-32-12-7-13-35(30(32)3)36-14-8-15-39(31(36)4)49-19-9-17-45-18-16-34(48)23-45/h6-8,10-15,20-21,34,44,46-48H,9,16-19,22-27H2,1-5H3. The molecule has 1 heterocycles. The van der Waals surface area contributed by atoms with Crippen LogP contribution in [0.1, 0.15) is 58.7 Å². The lowest BCUT2D eigenvalue weighted by Gasteiger charge is -2.27. The number of rotatable bonds is 17. The summed E-state index contributed by atoms with van der Waals surface area (Å²) >= 11 is 6.82. The van der Waals surface area contributed by atoms with Gasteiger partial charge in [0.05, 0.1) is 36.5 Å². The van der Waals surface area contributed by atoms with Crippen LogP contribution in [0.3, 0.4) is 0 Å². The summed E-state index contributed by atoms with van der Waals surface area (Å²) < 4.78 is 19.1. The summed E-state index contributed by atoms with van der Waals surface area (Å²) in [6, 6.07) is 22.3. The molecule has 0 radical (unpaired) electrons. The first kappa shape index (κ1) is 38.6. The number of nitrogens with zero attached hydrogens (tertiary/aromatic N) is 1. The fraction of sp³-hybridized carbons (Fsp3) is 0.429. The van der Waals surface area contributed by atoms with Crippen LogP contribution in [-0.2, 0) is 19.8 Å². The number of benzene rings is 4. The molecule has 0 bridgehead atoms. The van der Waals surface area contributed by atoms with Crippen molar-refractivity contribution in [3.8, 4) is 28.4 Å². The van der Waals surface area contributed by atoms with Gasteiger partial charge in [0.1, 0.15) is 30.5 Å². The Hall–Kier alpha value is -3.63. The molecule has 274 valence electrons. The molecule has 51 heavy (non-hydrogen) atoms. The normalized spacial score (nSPS) is 15.0. The Labute approximate surface area is 308 Å². The number of aryl methyl sites for hydroxylation is 2. The molecule has 1 saturated heterocycles. The van der Waals surface area contributed by atoms with Crippen LogP contribution < -0.4 is 19.5 Å². The number of nitrogens with one attached hydrogen (secondary N) is 1. The Kier molecular flexibility index (Phi) is 13.4. The lowest BCUT2D eigenvalue weighted by atomic mass is 9.93. The number of aliphatic hydroxyl groups is 3. The van der Waals surface area contributed by atoms with Crippen LogP contribution in [0.4, 0.5) is 0 Å². The second-order valence-electron chi connectivity index (χ2n) is 14.0. The Morgan fingerprint density at radius 1 is 0.804 bits per heavy atom. The van der Waals surface area contributed by atoms with E-state index >= 15 is 0 Å². The highest BCUT2D eigenvalue weighted by Gasteiger charge is 2.23. The summed E-state index contributed by atoms with van der Waals surface area (Å²) in [5.74, 6) is 1.99. The number of hydrogen-bond acceptors (Lipinski definition) is 8. The molecule has 0 spiro atoms. The molecule has 4 aromatic rings. The fourth-order valence-electron chi connectivity index (χ4n) is 6.49. The first-order valence-electron chi connectivity index (χ1n) is 17.8. The van der Waals surface area contributed by atoms with E-state index < -0.39 is 5.54 Å². The first-order valence-corrected chi connectivity index (χ1v) is 18.2. The molecule has 1 aliphatic heterocycles. The summed E-state index contributed by atoms with van der Waals surface area (Å²) in [7, 11) is 0. The smallest absolute Gasteiger partial charge is 0.142 e. The van der Waals surface area contributed by atoms with Gasteiger partial charge in [0, 0.05) is 37.8 Å². The zero-order valence-electron chi connectivity index (χ0n) is 30.6. The first-order chi connectivity index (χ1) is 24.5. The third kappa shape index (κ3) is 9.83. The van der Waals surface area contributed by atoms with Crippen LogP contribution in [0.25, 0.3) is 11.1 Å². The molecule has 1 unspecified atom stereocenters. The molecular formula is C42H53ClN2O6. The van der Waals surface area contributed by atoms with Gasteiger partial charge in [0.15, 0.2) is 0 Å². The minimum Gasteiger partial charge on any atom is -0.493 e. The van der Waals surface area contributed by atoms with Crippen LogP contribution in [-0.4, -0.2) is 71.3 Å². The summed E-state index contributed by atoms with van der Waals surface area (Å²) in [4.78, 5) is 2.29. The lowest BCUT2D eigenvalue weighted by molar-refractivity contribution is 0.103. The number of ether oxygens (including phenoxy) is 3. The van der Waals surface area contributed by atoms with Gasteiger partial charge in [-0.2, -0.15) is 0 Å². The molecule has 9 heteroatoms. The molecule has 5 rings (SSSR count). The van der Waals surface area contributed by atoms with Gasteiger partial charge in [0.25, 0.3) is 0 Å². The minimum atomic E-state index is -0.864. The Morgan fingerprint density at radius 3 is 2.16 bits per heavy atom. The number of likely N-dealkylation sites (tertiary alicyclic amines) is 1. The van der Waals surface area contributed by atoms with Gasteiger partial charge in [0.2, 0.25) is 0 Å². The van der Waals surface area contributed by atoms with Crippen molar-refractivity contribution in [1.29, 1.82) is 0 Å². The molecule has 0 saturated carbocycles. The van der Waals surface area contributed by atoms with Crippen molar-refractivity contribution in [2.24, 2.45) is 0 Å². The van der Waals surface area contributed by atoms with Crippen molar-refractivity contribution in [3.63, 3.8) is 0 Å². The van der Waals surface area contributed by atoms with Crippen molar-refractivity contribution >= 4 is 11.6 Å². The number of hydrogen-bond donors (Lipinski definition) is 4. The Morgan fingerprint density at radius 2 is 1.47 bits per heavy atom. The summed E-state index contributed by atoms with van der Waals surface area (Å²) in [6.45, 7) is 13.9. The van der Waals surface area contributed by atoms with E-state index in [9.17, 15) is 15.3 Å². The van der Waals surface area contributed by atoms with Gasteiger partial charge < -0.3 is 39.7 Å². The molecule has 1 aliphatic rings. The molecule has 0 amide bonds.